The molecule has 23 heavy (non-hydrogen) atoms. The Labute approximate surface area is 141 Å². The monoisotopic (exact) mass is 361 g/mol. The van der Waals surface area contributed by atoms with Crippen molar-refractivity contribution in [2.45, 2.75) is 26.6 Å². The summed E-state index contributed by atoms with van der Waals surface area (Å²) in [5, 5.41) is 3.11. The van der Waals surface area contributed by atoms with E-state index in [1.165, 1.54) is 0 Å². The van der Waals surface area contributed by atoms with E-state index in [9.17, 15) is 9.36 Å². The van der Waals surface area contributed by atoms with Crippen molar-refractivity contribution in [2.24, 2.45) is 5.41 Å². The Bertz CT molecular complexity index is 590. The van der Waals surface area contributed by atoms with Crippen LogP contribution < -0.4 is 5.32 Å². The molecule has 1 atom stereocenters. The molecule has 1 fully saturated rings. The van der Waals surface area contributed by atoms with Crippen LogP contribution in [-0.2, 0) is 18.3 Å². The molecule has 0 radical (unpaired) electrons. The van der Waals surface area contributed by atoms with Crippen molar-refractivity contribution >= 4 is 25.3 Å². The maximum absolute atomic E-state index is 13.1. The molecule has 0 aliphatic carbocycles. The van der Waals surface area contributed by atoms with Gasteiger partial charge in [0.2, 0.25) is 0 Å². The Hall–Kier alpha value is -1.07. The van der Waals surface area contributed by atoms with E-state index in [1.54, 1.807) is 31.2 Å². The minimum atomic E-state index is -3.57. The lowest BCUT2D eigenvalue weighted by atomic mass is 9.97. The average Bonchev–Trinajstić information content (AvgIpc) is 2.50. The number of ether oxygens (including phenoxy) is 1. The van der Waals surface area contributed by atoms with E-state index in [-0.39, 0.29) is 25.2 Å². The fraction of sp³-hybridized carbons (Fsp3) is 0.533. The first kappa shape index (κ1) is 18.3. The molecule has 1 aromatic carbocycles. The number of hydrogen-bond acceptors (Lipinski definition) is 5. The number of carbonyl (C=O) groups excluding carboxylic acids is 1. The van der Waals surface area contributed by atoms with E-state index in [0.717, 1.165) is 0 Å². The first-order valence-electron chi connectivity index (χ1n) is 7.33. The molecule has 1 heterocycles. The van der Waals surface area contributed by atoms with Gasteiger partial charge >= 0.3 is 13.7 Å². The second kappa shape index (κ2) is 7.22. The SMILES string of the molecule is CCOC(=O)NC(c1ccc(Cl)cc1)P1(=O)OCC(C)(C)CO1. The average molecular weight is 362 g/mol. The zero-order valence-electron chi connectivity index (χ0n) is 13.4. The third-order valence-electron chi connectivity index (χ3n) is 3.30. The molecule has 2 rings (SSSR count). The van der Waals surface area contributed by atoms with Gasteiger partial charge in [-0.3, -0.25) is 4.57 Å². The van der Waals surface area contributed by atoms with Gasteiger partial charge in [0, 0.05) is 10.4 Å². The van der Waals surface area contributed by atoms with Crippen LogP contribution in [0.15, 0.2) is 24.3 Å². The molecule has 0 aromatic heterocycles. The quantitative estimate of drug-likeness (QED) is 0.807. The van der Waals surface area contributed by atoms with Crippen LogP contribution in [0.4, 0.5) is 4.79 Å². The molecule has 6 nitrogen and oxygen atoms in total. The van der Waals surface area contributed by atoms with Gasteiger partial charge in [-0.1, -0.05) is 37.6 Å². The highest BCUT2D eigenvalue weighted by Crippen LogP contribution is 2.63. The van der Waals surface area contributed by atoms with Gasteiger partial charge in [-0.2, -0.15) is 0 Å². The molecule has 8 heteroatoms. The summed E-state index contributed by atoms with van der Waals surface area (Å²) in [5.41, 5.74) is 0.341. The van der Waals surface area contributed by atoms with E-state index >= 15 is 0 Å². The van der Waals surface area contributed by atoms with E-state index in [0.29, 0.717) is 10.6 Å². The molecule has 0 bridgehead atoms. The Balaban J connectivity index is 2.27. The second-order valence-electron chi connectivity index (χ2n) is 6.07. The molecule has 1 saturated heterocycles. The number of benzene rings is 1. The number of halogens is 1. The number of hydrogen-bond donors (Lipinski definition) is 1. The van der Waals surface area contributed by atoms with Crippen LogP contribution >= 0.6 is 19.2 Å². The van der Waals surface area contributed by atoms with Crippen molar-refractivity contribution in [3.8, 4) is 0 Å². The van der Waals surface area contributed by atoms with Crippen molar-refractivity contribution in [3.05, 3.63) is 34.9 Å². The first-order valence-corrected chi connectivity index (χ1v) is 9.32. The number of amides is 1. The lowest BCUT2D eigenvalue weighted by Crippen LogP contribution is -2.35. The minimum absolute atomic E-state index is 0.207. The normalized spacial score (nSPS) is 20.5. The van der Waals surface area contributed by atoms with Crippen LogP contribution in [0.25, 0.3) is 0 Å². The van der Waals surface area contributed by atoms with Gasteiger partial charge in [0.25, 0.3) is 0 Å². The van der Waals surface area contributed by atoms with Gasteiger partial charge in [0.1, 0.15) is 0 Å². The van der Waals surface area contributed by atoms with E-state index in [2.05, 4.69) is 5.32 Å². The molecule has 0 saturated carbocycles. The molecule has 1 aliphatic rings. The maximum Gasteiger partial charge on any atom is 0.408 e. The predicted octanol–water partition coefficient (Wildman–Crippen LogP) is 4.35. The topological polar surface area (TPSA) is 73.9 Å². The molecular formula is C15H21ClNO5P. The lowest BCUT2D eigenvalue weighted by Gasteiger charge is -2.37. The highest BCUT2D eigenvalue weighted by atomic mass is 35.5. The van der Waals surface area contributed by atoms with Gasteiger partial charge in [-0.25, -0.2) is 4.79 Å². The second-order valence-corrected chi connectivity index (χ2v) is 8.62. The van der Waals surface area contributed by atoms with Crippen LogP contribution in [0.2, 0.25) is 5.02 Å². The maximum atomic E-state index is 13.1. The highest BCUT2D eigenvalue weighted by Gasteiger charge is 2.44. The summed E-state index contributed by atoms with van der Waals surface area (Å²) in [7, 11) is -3.57. The Morgan fingerprint density at radius 3 is 2.43 bits per heavy atom. The van der Waals surface area contributed by atoms with Gasteiger partial charge in [0.05, 0.1) is 19.8 Å². The zero-order valence-corrected chi connectivity index (χ0v) is 15.0. The predicted molar refractivity (Wildman–Crippen MR) is 87.6 cm³/mol. The van der Waals surface area contributed by atoms with Gasteiger partial charge < -0.3 is 19.1 Å². The van der Waals surface area contributed by atoms with E-state index in [1.807, 2.05) is 13.8 Å². The third kappa shape index (κ3) is 4.70. The number of rotatable bonds is 4. The van der Waals surface area contributed by atoms with Crippen molar-refractivity contribution in [2.75, 3.05) is 19.8 Å². The van der Waals surface area contributed by atoms with Crippen molar-refractivity contribution in [1.29, 1.82) is 0 Å². The Morgan fingerprint density at radius 1 is 1.35 bits per heavy atom. The van der Waals surface area contributed by atoms with Crippen LogP contribution in [0.1, 0.15) is 32.1 Å². The fourth-order valence-corrected chi connectivity index (χ4v) is 4.39. The van der Waals surface area contributed by atoms with Crippen molar-refractivity contribution in [1.82, 2.24) is 5.32 Å². The molecular weight excluding hydrogens is 341 g/mol. The van der Waals surface area contributed by atoms with Crippen LogP contribution in [0, 0.1) is 5.41 Å². The summed E-state index contributed by atoms with van der Waals surface area (Å²) in [4.78, 5) is 11.8. The summed E-state index contributed by atoms with van der Waals surface area (Å²) in [6.07, 6.45) is -0.681. The first-order chi connectivity index (χ1) is 10.8. The molecule has 1 N–H and O–H groups in total. The fourth-order valence-electron chi connectivity index (χ4n) is 2.03. The highest BCUT2D eigenvalue weighted by molar-refractivity contribution is 7.54. The van der Waals surface area contributed by atoms with Gasteiger partial charge in [-0.15, -0.1) is 0 Å². The summed E-state index contributed by atoms with van der Waals surface area (Å²) in [5.74, 6) is -0.949. The largest absolute Gasteiger partial charge is 0.450 e. The van der Waals surface area contributed by atoms with Crippen LogP contribution in [0.5, 0.6) is 0 Å². The number of alkyl carbamates (subject to hydrolysis) is 1. The molecule has 1 amide bonds. The summed E-state index contributed by atoms with van der Waals surface area (Å²) >= 11 is 5.89. The number of carbonyl (C=O) groups is 1. The molecule has 1 unspecified atom stereocenters. The standard InChI is InChI=1S/C15H21ClNO5P/c1-4-20-14(18)17-13(11-5-7-12(16)8-6-11)23(19)21-9-15(2,3)10-22-23/h5-8,13H,4,9-10H2,1-3H3,(H,17,18). The minimum Gasteiger partial charge on any atom is -0.450 e. The molecule has 1 aliphatic heterocycles. The summed E-state index contributed by atoms with van der Waals surface area (Å²) < 4.78 is 29.1. The van der Waals surface area contributed by atoms with E-state index in [4.69, 9.17) is 25.4 Å². The van der Waals surface area contributed by atoms with Crippen LogP contribution in [-0.4, -0.2) is 25.9 Å². The van der Waals surface area contributed by atoms with E-state index < -0.39 is 19.5 Å². The molecule has 1 aromatic rings. The molecule has 0 spiro atoms. The number of nitrogens with one attached hydrogen (secondary N) is 1. The van der Waals surface area contributed by atoms with Crippen molar-refractivity contribution in [3.63, 3.8) is 0 Å². The van der Waals surface area contributed by atoms with Crippen molar-refractivity contribution < 1.29 is 23.1 Å². The van der Waals surface area contributed by atoms with Crippen LogP contribution in [0.3, 0.4) is 0 Å². The molecule has 128 valence electrons. The summed E-state index contributed by atoms with van der Waals surface area (Å²) in [6, 6.07) is 6.64. The summed E-state index contributed by atoms with van der Waals surface area (Å²) in [6.45, 7) is 6.35. The van der Waals surface area contributed by atoms with Gasteiger partial charge in [0.15, 0.2) is 5.78 Å². The smallest absolute Gasteiger partial charge is 0.408 e. The Kier molecular flexibility index (Phi) is 5.74. The van der Waals surface area contributed by atoms with Gasteiger partial charge in [-0.05, 0) is 24.6 Å². The lowest BCUT2D eigenvalue weighted by molar-refractivity contribution is 0.0361. The Morgan fingerprint density at radius 2 is 1.91 bits per heavy atom. The third-order valence-corrected chi connectivity index (χ3v) is 5.59. The zero-order chi connectivity index (χ0) is 17.1.